The van der Waals surface area contributed by atoms with Gasteiger partial charge in [0.15, 0.2) is 0 Å². The first-order chi connectivity index (χ1) is 14.4. The van der Waals surface area contributed by atoms with Crippen molar-refractivity contribution in [3.05, 3.63) is 98.6 Å². The predicted octanol–water partition coefficient (Wildman–Crippen LogP) is 5.36. The lowest BCUT2D eigenvalue weighted by Gasteiger charge is -2.07. The highest BCUT2D eigenvalue weighted by molar-refractivity contribution is 14.1. The third kappa shape index (κ3) is 5.78. The third-order valence-corrected chi connectivity index (χ3v) is 4.79. The molecule has 0 saturated carbocycles. The summed E-state index contributed by atoms with van der Waals surface area (Å²) in [7, 11) is 0. The van der Waals surface area contributed by atoms with Gasteiger partial charge in [0.05, 0.1) is 5.56 Å². The Hall–Kier alpha value is -3.44. The number of hydrogen-bond acceptors (Lipinski definition) is 4. The molecule has 0 atom stereocenters. The van der Waals surface area contributed by atoms with Crippen LogP contribution in [0.1, 0.15) is 21.5 Å². The molecule has 0 radical (unpaired) electrons. The summed E-state index contributed by atoms with van der Waals surface area (Å²) in [5.41, 5.74) is 2.60. The standard InChI is InChI=1S/C24H17IN2O3/c1-16-8-10-18(11-9-16)24(29)30-22-7-2-4-17(13-22)12-19(15-26)23(28)27-21-6-3-5-20(25)14-21/h2-14H,1H3,(H,27,28)/b19-12+. The molecule has 3 aromatic carbocycles. The molecule has 0 fully saturated rings. The molecule has 3 aromatic rings. The van der Waals surface area contributed by atoms with Crippen LogP contribution in [0.15, 0.2) is 78.4 Å². The van der Waals surface area contributed by atoms with Gasteiger partial charge in [0.1, 0.15) is 17.4 Å². The van der Waals surface area contributed by atoms with Crippen molar-refractivity contribution in [3.8, 4) is 11.8 Å². The molecule has 0 heterocycles. The fourth-order valence-corrected chi connectivity index (χ4v) is 3.15. The van der Waals surface area contributed by atoms with E-state index in [1.54, 1.807) is 48.5 Å². The lowest BCUT2D eigenvalue weighted by Crippen LogP contribution is -2.13. The van der Waals surface area contributed by atoms with E-state index in [9.17, 15) is 14.9 Å². The van der Waals surface area contributed by atoms with E-state index in [0.29, 0.717) is 22.6 Å². The molecule has 148 valence electrons. The monoisotopic (exact) mass is 508 g/mol. The van der Waals surface area contributed by atoms with Crippen molar-refractivity contribution in [1.29, 1.82) is 5.26 Å². The Morgan fingerprint density at radius 2 is 1.77 bits per heavy atom. The van der Waals surface area contributed by atoms with Crippen molar-refractivity contribution in [2.24, 2.45) is 0 Å². The number of hydrogen-bond donors (Lipinski definition) is 1. The van der Waals surface area contributed by atoms with Crippen LogP contribution < -0.4 is 10.1 Å². The van der Waals surface area contributed by atoms with Gasteiger partial charge >= 0.3 is 5.97 Å². The van der Waals surface area contributed by atoms with Gasteiger partial charge in [0, 0.05) is 9.26 Å². The zero-order valence-electron chi connectivity index (χ0n) is 16.1. The van der Waals surface area contributed by atoms with Gasteiger partial charge < -0.3 is 10.1 Å². The van der Waals surface area contributed by atoms with Gasteiger partial charge in [-0.3, -0.25) is 4.79 Å². The molecule has 0 aromatic heterocycles. The Morgan fingerprint density at radius 1 is 1.03 bits per heavy atom. The Balaban J connectivity index is 1.75. The van der Waals surface area contributed by atoms with E-state index in [-0.39, 0.29) is 5.57 Å². The molecule has 0 aliphatic carbocycles. The zero-order chi connectivity index (χ0) is 21.5. The Morgan fingerprint density at radius 3 is 2.47 bits per heavy atom. The highest BCUT2D eigenvalue weighted by Crippen LogP contribution is 2.19. The van der Waals surface area contributed by atoms with Crippen LogP contribution in [0.2, 0.25) is 0 Å². The molecule has 30 heavy (non-hydrogen) atoms. The van der Waals surface area contributed by atoms with Crippen molar-refractivity contribution >= 4 is 46.2 Å². The highest BCUT2D eigenvalue weighted by atomic mass is 127. The van der Waals surface area contributed by atoms with Gasteiger partial charge in [0.25, 0.3) is 5.91 Å². The molecule has 3 rings (SSSR count). The number of halogens is 1. The van der Waals surface area contributed by atoms with Gasteiger partial charge in [-0.25, -0.2) is 4.79 Å². The van der Waals surface area contributed by atoms with Gasteiger partial charge in [-0.2, -0.15) is 5.26 Å². The topological polar surface area (TPSA) is 79.2 Å². The fraction of sp³-hybridized carbons (Fsp3) is 0.0417. The van der Waals surface area contributed by atoms with Crippen LogP contribution in [0, 0.1) is 21.8 Å². The maximum Gasteiger partial charge on any atom is 0.343 e. The number of ether oxygens (including phenoxy) is 1. The molecule has 6 heteroatoms. The summed E-state index contributed by atoms with van der Waals surface area (Å²) < 4.78 is 6.38. The lowest BCUT2D eigenvalue weighted by atomic mass is 10.1. The second kappa shape index (κ2) is 9.85. The second-order valence-corrected chi connectivity index (χ2v) is 7.71. The number of carbonyl (C=O) groups excluding carboxylic acids is 2. The van der Waals surface area contributed by atoms with E-state index in [4.69, 9.17) is 4.74 Å². The fourth-order valence-electron chi connectivity index (χ4n) is 2.60. The maximum atomic E-state index is 12.4. The van der Waals surface area contributed by atoms with E-state index in [1.807, 2.05) is 37.3 Å². The van der Waals surface area contributed by atoms with E-state index in [2.05, 4.69) is 27.9 Å². The van der Waals surface area contributed by atoms with Crippen molar-refractivity contribution in [1.82, 2.24) is 0 Å². The van der Waals surface area contributed by atoms with Crippen LogP contribution >= 0.6 is 22.6 Å². The normalized spacial score (nSPS) is 10.8. The molecule has 0 saturated heterocycles. The summed E-state index contributed by atoms with van der Waals surface area (Å²) in [6, 6.07) is 22.9. The molecule has 0 aliphatic heterocycles. The number of nitrogens with one attached hydrogen (secondary N) is 1. The van der Waals surface area contributed by atoms with Gasteiger partial charge in [-0.1, -0.05) is 35.9 Å². The number of nitriles is 1. The van der Waals surface area contributed by atoms with E-state index >= 15 is 0 Å². The Kier molecular flexibility index (Phi) is 6.99. The summed E-state index contributed by atoms with van der Waals surface area (Å²) >= 11 is 2.14. The van der Waals surface area contributed by atoms with Gasteiger partial charge in [-0.15, -0.1) is 0 Å². The molecule has 1 N–H and O–H groups in total. The second-order valence-electron chi connectivity index (χ2n) is 6.46. The average molecular weight is 508 g/mol. The molecule has 1 amide bonds. The van der Waals surface area contributed by atoms with E-state index < -0.39 is 11.9 Å². The molecule has 0 unspecified atom stereocenters. The van der Waals surface area contributed by atoms with Crippen LogP contribution in [0.25, 0.3) is 6.08 Å². The predicted molar refractivity (Wildman–Crippen MR) is 124 cm³/mol. The summed E-state index contributed by atoms with van der Waals surface area (Å²) in [5.74, 6) is -0.667. The van der Waals surface area contributed by atoms with E-state index in [1.165, 1.54) is 6.08 Å². The molecule has 5 nitrogen and oxygen atoms in total. The van der Waals surface area contributed by atoms with Gasteiger partial charge in [-0.05, 0) is 83.6 Å². The van der Waals surface area contributed by atoms with E-state index in [0.717, 1.165) is 9.13 Å². The van der Waals surface area contributed by atoms with Crippen molar-refractivity contribution < 1.29 is 14.3 Å². The number of carbonyl (C=O) groups is 2. The zero-order valence-corrected chi connectivity index (χ0v) is 18.2. The molecule has 0 spiro atoms. The van der Waals surface area contributed by atoms with Crippen LogP contribution in [-0.4, -0.2) is 11.9 Å². The average Bonchev–Trinajstić information content (AvgIpc) is 2.72. The van der Waals surface area contributed by atoms with Crippen LogP contribution in [-0.2, 0) is 4.79 Å². The molecule has 0 aliphatic rings. The number of benzene rings is 3. The number of amides is 1. The highest BCUT2D eigenvalue weighted by Gasteiger charge is 2.11. The Labute approximate surface area is 188 Å². The number of anilines is 1. The smallest absolute Gasteiger partial charge is 0.343 e. The number of nitrogens with zero attached hydrogens (tertiary/aromatic N) is 1. The molecular weight excluding hydrogens is 491 g/mol. The minimum atomic E-state index is -0.512. The Bertz CT molecular complexity index is 1160. The number of aryl methyl sites for hydroxylation is 1. The molecule has 0 bridgehead atoms. The summed E-state index contributed by atoms with van der Waals surface area (Å²) in [6.45, 7) is 1.94. The summed E-state index contributed by atoms with van der Waals surface area (Å²) in [4.78, 5) is 24.7. The van der Waals surface area contributed by atoms with Gasteiger partial charge in [0.2, 0.25) is 0 Å². The molecular formula is C24H17IN2O3. The first-order valence-corrected chi connectivity index (χ1v) is 10.1. The van der Waals surface area contributed by atoms with Crippen molar-refractivity contribution in [2.75, 3.05) is 5.32 Å². The minimum Gasteiger partial charge on any atom is -0.423 e. The lowest BCUT2D eigenvalue weighted by molar-refractivity contribution is -0.112. The van der Waals surface area contributed by atoms with Crippen LogP contribution in [0.4, 0.5) is 5.69 Å². The largest absolute Gasteiger partial charge is 0.423 e. The van der Waals surface area contributed by atoms with Crippen LogP contribution in [0.3, 0.4) is 0 Å². The minimum absolute atomic E-state index is 0.0594. The maximum absolute atomic E-state index is 12.4. The summed E-state index contributed by atoms with van der Waals surface area (Å²) in [6.07, 6.45) is 1.45. The third-order valence-electron chi connectivity index (χ3n) is 4.11. The first kappa shape index (κ1) is 21.3. The summed E-state index contributed by atoms with van der Waals surface area (Å²) in [5, 5.41) is 12.1. The number of rotatable bonds is 5. The van der Waals surface area contributed by atoms with Crippen molar-refractivity contribution in [2.45, 2.75) is 6.92 Å². The quantitative estimate of drug-likeness (QED) is 0.165. The number of esters is 1. The first-order valence-electron chi connectivity index (χ1n) is 9.02. The van der Waals surface area contributed by atoms with Crippen molar-refractivity contribution in [3.63, 3.8) is 0 Å². The SMILES string of the molecule is Cc1ccc(C(=O)Oc2cccc(/C=C(\C#N)C(=O)Nc3cccc(I)c3)c2)cc1. The van der Waals surface area contributed by atoms with Crippen LogP contribution in [0.5, 0.6) is 5.75 Å².